The van der Waals surface area contributed by atoms with Gasteiger partial charge in [0, 0.05) is 18.8 Å². The van der Waals surface area contributed by atoms with Crippen molar-refractivity contribution < 1.29 is 13.2 Å². The lowest BCUT2D eigenvalue weighted by Crippen LogP contribution is -2.31. The molecule has 1 heterocycles. The fourth-order valence-electron chi connectivity index (χ4n) is 4.18. The lowest BCUT2D eigenvalue weighted by Gasteiger charge is -2.25. The van der Waals surface area contributed by atoms with E-state index in [1.165, 1.54) is 23.3 Å². The Bertz CT molecular complexity index is 1340. The van der Waals surface area contributed by atoms with Crippen molar-refractivity contribution in [3.63, 3.8) is 0 Å². The number of carbonyl (C=O) groups excluding carboxylic acids is 1. The average molecular weight is 532 g/mol. The highest BCUT2D eigenvalue weighted by atomic mass is 35.5. The fourth-order valence-corrected chi connectivity index (χ4v) is 5.99. The number of nitrogens with zero attached hydrogens (tertiary/aromatic N) is 1. The van der Waals surface area contributed by atoms with E-state index >= 15 is 0 Å². The van der Waals surface area contributed by atoms with Crippen molar-refractivity contribution in [2.45, 2.75) is 36.6 Å². The molecule has 6 nitrogen and oxygen atoms in total. The van der Waals surface area contributed by atoms with E-state index in [0.29, 0.717) is 21.3 Å². The molecule has 2 amide bonds. The highest BCUT2D eigenvalue weighted by molar-refractivity contribution is 7.90. The van der Waals surface area contributed by atoms with Gasteiger partial charge in [-0.25, -0.2) is 13.2 Å². The van der Waals surface area contributed by atoms with Crippen LogP contribution >= 0.6 is 23.2 Å². The number of sulfone groups is 1. The number of benzene rings is 3. The van der Waals surface area contributed by atoms with Gasteiger partial charge < -0.3 is 15.5 Å². The number of hydrogen-bond donors (Lipinski definition) is 2. The van der Waals surface area contributed by atoms with Gasteiger partial charge in [-0.3, -0.25) is 0 Å². The van der Waals surface area contributed by atoms with Crippen LogP contribution in [0.3, 0.4) is 0 Å². The van der Waals surface area contributed by atoms with Crippen LogP contribution in [0.25, 0.3) is 0 Å². The van der Waals surface area contributed by atoms with Gasteiger partial charge in [-0.15, -0.1) is 0 Å². The number of amides is 2. The number of nitrogens with one attached hydrogen (secondary N) is 2. The second-order valence-corrected chi connectivity index (χ2v) is 11.6. The molecule has 1 aliphatic heterocycles. The molecule has 1 aliphatic rings. The minimum atomic E-state index is -3.53. The van der Waals surface area contributed by atoms with Crippen molar-refractivity contribution in [2.24, 2.45) is 0 Å². The van der Waals surface area contributed by atoms with E-state index in [4.69, 9.17) is 23.2 Å². The molecule has 3 aromatic carbocycles. The van der Waals surface area contributed by atoms with Crippen molar-refractivity contribution in [3.05, 3.63) is 93.0 Å². The molecule has 0 unspecified atom stereocenters. The lowest BCUT2D eigenvalue weighted by atomic mass is 9.98. The summed E-state index contributed by atoms with van der Waals surface area (Å²) in [5, 5.41) is 6.33. The zero-order valence-electron chi connectivity index (χ0n) is 19.5. The standard InChI is InChI=1S/C26H27Cl2N3O3S/c1-17(23-4-3-5-24(27)25(23)28)29-26(32)30-21-8-10-22(11-9-21)35(33,34)16-18-6-7-20-15-31(2)13-12-19(20)14-18/h3-11,14,17H,12-13,15-16H2,1-2H3,(H2,29,30,32)/t17-/m1/s1. The topological polar surface area (TPSA) is 78.5 Å². The van der Waals surface area contributed by atoms with Crippen molar-refractivity contribution in [1.29, 1.82) is 0 Å². The summed E-state index contributed by atoms with van der Waals surface area (Å²) in [4.78, 5) is 14.9. The molecular formula is C26H27Cl2N3O3S. The normalized spacial score (nSPS) is 14.7. The molecule has 0 saturated carbocycles. The maximum atomic E-state index is 13.0. The Morgan fingerprint density at radius 3 is 2.54 bits per heavy atom. The monoisotopic (exact) mass is 531 g/mol. The van der Waals surface area contributed by atoms with Crippen LogP contribution in [0.15, 0.2) is 65.6 Å². The van der Waals surface area contributed by atoms with Gasteiger partial charge in [-0.2, -0.15) is 0 Å². The molecule has 0 aliphatic carbocycles. The van der Waals surface area contributed by atoms with E-state index < -0.39 is 15.9 Å². The maximum Gasteiger partial charge on any atom is 0.319 e. The predicted octanol–water partition coefficient (Wildman–Crippen LogP) is 5.84. The van der Waals surface area contributed by atoms with Crippen LogP contribution in [0, 0.1) is 0 Å². The van der Waals surface area contributed by atoms with Gasteiger partial charge in [0.1, 0.15) is 0 Å². The van der Waals surface area contributed by atoms with Gasteiger partial charge in [0.2, 0.25) is 0 Å². The molecule has 0 aromatic heterocycles. The van der Waals surface area contributed by atoms with E-state index in [1.54, 1.807) is 37.3 Å². The smallest absolute Gasteiger partial charge is 0.319 e. The van der Waals surface area contributed by atoms with Crippen LogP contribution in [-0.2, 0) is 28.6 Å². The minimum absolute atomic E-state index is 0.0682. The van der Waals surface area contributed by atoms with E-state index in [9.17, 15) is 13.2 Å². The first kappa shape index (κ1) is 25.5. The molecule has 1 atom stereocenters. The SMILES string of the molecule is C[C@@H](NC(=O)Nc1ccc(S(=O)(=O)Cc2ccc3c(c2)CCN(C)C3)cc1)c1cccc(Cl)c1Cl. The molecule has 2 N–H and O–H groups in total. The fraction of sp³-hybridized carbons (Fsp3) is 0.269. The molecule has 0 radical (unpaired) electrons. The lowest BCUT2D eigenvalue weighted by molar-refractivity contribution is 0.249. The van der Waals surface area contributed by atoms with Crippen LogP contribution in [-0.4, -0.2) is 32.9 Å². The first-order valence-corrected chi connectivity index (χ1v) is 13.7. The molecule has 9 heteroatoms. The Labute approximate surface area is 216 Å². The van der Waals surface area contributed by atoms with E-state index in [-0.39, 0.29) is 16.7 Å². The van der Waals surface area contributed by atoms with Gasteiger partial charge in [-0.1, -0.05) is 53.5 Å². The first-order valence-electron chi connectivity index (χ1n) is 11.3. The van der Waals surface area contributed by atoms with Gasteiger partial charge in [0.25, 0.3) is 0 Å². The average Bonchev–Trinajstić information content (AvgIpc) is 2.81. The van der Waals surface area contributed by atoms with Crippen LogP contribution in [0.2, 0.25) is 10.0 Å². The van der Waals surface area contributed by atoms with Crippen LogP contribution in [0.1, 0.15) is 35.2 Å². The number of hydrogen-bond acceptors (Lipinski definition) is 4. The van der Waals surface area contributed by atoms with Crippen LogP contribution in [0.4, 0.5) is 10.5 Å². The zero-order chi connectivity index (χ0) is 25.2. The molecule has 0 saturated heterocycles. The van der Waals surface area contributed by atoms with Crippen LogP contribution in [0.5, 0.6) is 0 Å². The third-order valence-corrected chi connectivity index (χ3v) is 8.63. The van der Waals surface area contributed by atoms with Crippen molar-refractivity contribution >= 4 is 44.8 Å². The highest BCUT2D eigenvalue weighted by Crippen LogP contribution is 2.30. The summed E-state index contributed by atoms with van der Waals surface area (Å²) in [6.45, 7) is 3.65. The quantitative estimate of drug-likeness (QED) is 0.418. The number of likely N-dealkylation sites (N-methyl/N-ethyl adjacent to an activating group) is 1. The molecule has 0 spiro atoms. The van der Waals surface area contributed by atoms with Gasteiger partial charge in [0.05, 0.1) is 26.7 Å². The number of fused-ring (bicyclic) bond motifs is 1. The van der Waals surface area contributed by atoms with Gasteiger partial charge >= 0.3 is 6.03 Å². The summed E-state index contributed by atoms with van der Waals surface area (Å²) in [5.41, 5.74) is 4.42. The second-order valence-electron chi connectivity index (χ2n) is 8.84. The largest absolute Gasteiger partial charge is 0.331 e. The number of urea groups is 1. The summed E-state index contributed by atoms with van der Waals surface area (Å²) in [5.74, 6) is -0.0682. The molecule has 0 bridgehead atoms. The highest BCUT2D eigenvalue weighted by Gasteiger charge is 2.19. The van der Waals surface area contributed by atoms with Crippen molar-refractivity contribution in [2.75, 3.05) is 18.9 Å². The van der Waals surface area contributed by atoms with Crippen LogP contribution < -0.4 is 10.6 Å². The number of carbonyl (C=O) groups is 1. The summed E-state index contributed by atoms with van der Waals surface area (Å²) in [7, 11) is -1.44. The third-order valence-electron chi connectivity index (χ3n) is 6.10. The second kappa shape index (κ2) is 10.6. The Balaban J connectivity index is 1.39. The first-order chi connectivity index (χ1) is 16.6. The minimum Gasteiger partial charge on any atom is -0.331 e. The number of rotatable bonds is 6. The maximum absolute atomic E-state index is 13.0. The Morgan fingerprint density at radius 1 is 1.06 bits per heavy atom. The van der Waals surface area contributed by atoms with Gasteiger partial charge in [-0.05, 0) is 73.0 Å². The summed E-state index contributed by atoms with van der Waals surface area (Å²) in [6, 6.07) is 16.5. The Hall–Kier alpha value is -2.58. The number of halogens is 2. The zero-order valence-corrected chi connectivity index (χ0v) is 21.8. The van der Waals surface area contributed by atoms with E-state index in [1.807, 2.05) is 18.2 Å². The van der Waals surface area contributed by atoms with Crippen molar-refractivity contribution in [1.82, 2.24) is 10.2 Å². The molecule has 35 heavy (non-hydrogen) atoms. The molecular weight excluding hydrogens is 505 g/mol. The summed E-state index contributed by atoms with van der Waals surface area (Å²) >= 11 is 12.3. The van der Waals surface area contributed by atoms with Crippen molar-refractivity contribution in [3.8, 4) is 0 Å². The van der Waals surface area contributed by atoms with E-state index in [0.717, 1.165) is 25.1 Å². The van der Waals surface area contributed by atoms with Gasteiger partial charge in [0.15, 0.2) is 9.84 Å². The molecule has 4 rings (SSSR count). The molecule has 0 fully saturated rings. The third kappa shape index (κ3) is 6.16. The molecule has 3 aromatic rings. The summed E-state index contributed by atoms with van der Waals surface area (Å²) < 4.78 is 26.0. The predicted molar refractivity (Wildman–Crippen MR) is 141 cm³/mol. The number of anilines is 1. The Kier molecular flexibility index (Phi) is 7.71. The molecule has 184 valence electrons. The summed E-state index contributed by atoms with van der Waals surface area (Å²) in [6.07, 6.45) is 0.921. The Morgan fingerprint density at radius 2 is 1.80 bits per heavy atom. The van der Waals surface area contributed by atoms with E-state index in [2.05, 4.69) is 22.6 Å².